The second-order valence-electron chi connectivity index (χ2n) is 8.69. The van der Waals surface area contributed by atoms with Crippen LogP contribution in [-0.2, 0) is 15.7 Å². The smallest absolute Gasteiger partial charge is 0.253 e. The predicted octanol–water partition coefficient (Wildman–Crippen LogP) is 2.60. The fourth-order valence-corrected chi connectivity index (χ4v) is 3.77. The lowest BCUT2D eigenvalue weighted by atomic mass is 10.0. The van der Waals surface area contributed by atoms with Crippen LogP contribution in [0.15, 0.2) is 31.8 Å². The van der Waals surface area contributed by atoms with Crippen LogP contribution < -0.4 is 10.3 Å². The van der Waals surface area contributed by atoms with E-state index in [4.69, 9.17) is 9.15 Å². The maximum Gasteiger partial charge on any atom is 0.253 e. The molecule has 1 fully saturated rings. The largest absolute Gasteiger partial charge is 0.440 e. The third-order valence-electron chi connectivity index (χ3n) is 4.92. The van der Waals surface area contributed by atoms with Crippen molar-refractivity contribution in [1.29, 1.82) is 0 Å². The lowest BCUT2D eigenvalue weighted by Gasteiger charge is -2.27. The number of rotatable bonds is 4. The topological polar surface area (TPSA) is 92.4 Å². The normalized spacial score (nSPS) is 16.5. The summed E-state index contributed by atoms with van der Waals surface area (Å²) in [7, 11) is 1.78. The van der Waals surface area contributed by atoms with Crippen molar-refractivity contribution in [3.63, 3.8) is 0 Å². The minimum Gasteiger partial charge on any atom is -0.440 e. The van der Waals surface area contributed by atoms with Gasteiger partial charge in [0.2, 0.25) is 0 Å². The van der Waals surface area contributed by atoms with Gasteiger partial charge in [-0.3, -0.25) is 9.59 Å². The maximum absolute atomic E-state index is 13.0. The summed E-state index contributed by atoms with van der Waals surface area (Å²) in [6.45, 7) is 9.54. The highest BCUT2D eigenvalue weighted by Crippen LogP contribution is 2.26. The summed E-state index contributed by atoms with van der Waals surface area (Å²) in [5.74, 6) is 0.197. The molecule has 2 heterocycles. The number of nitrogens with zero attached hydrogens (tertiary/aromatic N) is 3. The van der Waals surface area contributed by atoms with E-state index in [0.29, 0.717) is 54.6 Å². The van der Waals surface area contributed by atoms with Gasteiger partial charge in [-0.05, 0) is 39.8 Å². The van der Waals surface area contributed by atoms with Crippen LogP contribution in [0.5, 0.6) is 0 Å². The van der Waals surface area contributed by atoms with Crippen molar-refractivity contribution in [2.45, 2.75) is 32.4 Å². The zero-order valence-corrected chi connectivity index (χ0v) is 19.7. The zero-order chi connectivity index (χ0) is 22.9. The Labute approximate surface area is 184 Å². The summed E-state index contributed by atoms with van der Waals surface area (Å²) in [6.07, 6.45) is 0. The van der Waals surface area contributed by atoms with Crippen LogP contribution in [-0.4, -0.2) is 65.9 Å². The van der Waals surface area contributed by atoms with Crippen LogP contribution in [0.1, 0.15) is 43.6 Å². The Bertz CT molecular complexity index is 1110. The first kappa shape index (κ1) is 23.1. The Morgan fingerprint density at radius 1 is 1.16 bits per heavy atom. The molecule has 0 N–H and O–H groups in total. The van der Waals surface area contributed by atoms with Gasteiger partial charge in [-0.1, -0.05) is 0 Å². The molecule has 0 bridgehead atoms. The number of amides is 1. The van der Waals surface area contributed by atoms with E-state index >= 15 is 0 Å². The summed E-state index contributed by atoms with van der Waals surface area (Å²) in [6, 6.07) is 4.64. The molecular formula is C22H29N3O5S. The molecule has 9 heteroatoms. The summed E-state index contributed by atoms with van der Waals surface area (Å²) >= 11 is 0. The molecule has 3 rings (SSSR count). The number of hydrogen-bond donors (Lipinski definition) is 0. The average Bonchev–Trinajstić information content (AvgIpc) is 2.72. The van der Waals surface area contributed by atoms with Gasteiger partial charge >= 0.3 is 0 Å². The van der Waals surface area contributed by atoms with Crippen molar-refractivity contribution < 1.29 is 18.2 Å². The standard InChI is InChI=1S/C22H29N3O5S/c1-14(23-31(28)22(2,3)4)16-11-15(21(27)24(5)6)12-17-18(26)13-19(30-20(16)17)25-7-9-29-10-8-25/h11-13H,7-10H2,1-6H3/b23-14+/t31-/m1/s1. The van der Waals surface area contributed by atoms with Crippen molar-refractivity contribution in [2.75, 3.05) is 45.3 Å². The fourth-order valence-electron chi connectivity index (χ4n) is 3.15. The van der Waals surface area contributed by atoms with E-state index in [9.17, 15) is 13.8 Å². The van der Waals surface area contributed by atoms with Crippen LogP contribution >= 0.6 is 0 Å². The Morgan fingerprint density at radius 3 is 2.39 bits per heavy atom. The number of fused-ring (bicyclic) bond motifs is 1. The monoisotopic (exact) mass is 447 g/mol. The summed E-state index contributed by atoms with van der Waals surface area (Å²) in [4.78, 5) is 29.0. The van der Waals surface area contributed by atoms with Crippen molar-refractivity contribution in [1.82, 2.24) is 4.90 Å². The van der Waals surface area contributed by atoms with Gasteiger partial charge in [0.25, 0.3) is 5.91 Å². The highest BCUT2D eigenvalue weighted by atomic mass is 32.2. The second-order valence-corrected chi connectivity index (χ2v) is 10.6. The van der Waals surface area contributed by atoms with Crippen molar-refractivity contribution in [3.05, 3.63) is 39.5 Å². The van der Waals surface area contributed by atoms with Gasteiger partial charge in [0, 0.05) is 44.4 Å². The van der Waals surface area contributed by atoms with E-state index in [1.807, 2.05) is 25.7 Å². The first-order chi connectivity index (χ1) is 14.5. The SMILES string of the molecule is C/C(=N\[S@](=O)C(C)(C)C)c1cc(C(=O)N(C)C)cc2c(=O)cc(N3CCOCC3)oc12. The minimum atomic E-state index is -1.51. The summed E-state index contributed by atoms with van der Waals surface area (Å²) < 4.78 is 28.0. The number of hydrogen-bond acceptors (Lipinski definition) is 6. The van der Waals surface area contributed by atoms with Gasteiger partial charge in [0.1, 0.15) is 16.6 Å². The van der Waals surface area contributed by atoms with Crippen LogP contribution in [0.4, 0.5) is 5.88 Å². The molecule has 0 unspecified atom stereocenters. The lowest BCUT2D eigenvalue weighted by molar-refractivity contribution is 0.0827. The first-order valence-electron chi connectivity index (χ1n) is 10.1. The second kappa shape index (κ2) is 8.92. The molecule has 0 saturated carbocycles. The quantitative estimate of drug-likeness (QED) is 0.669. The molecule has 0 spiro atoms. The van der Waals surface area contributed by atoms with E-state index in [-0.39, 0.29) is 16.7 Å². The first-order valence-corrected chi connectivity index (χ1v) is 11.2. The van der Waals surface area contributed by atoms with E-state index in [2.05, 4.69) is 4.40 Å². The summed E-state index contributed by atoms with van der Waals surface area (Å²) in [5, 5.41) is 0.288. The molecule has 1 aliphatic rings. The number of ether oxygens (including phenoxy) is 1. The van der Waals surface area contributed by atoms with E-state index < -0.39 is 15.7 Å². The molecule has 1 aliphatic heterocycles. The number of carbonyl (C=O) groups excluding carboxylic acids is 1. The van der Waals surface area contributed by atoms with Gasteiger partial charge in [-0.25, -0.2) is 4.21 Å². The molecule has 8 nitrogen and oxygen atoms in total. The van der Waals surface area contributed by atoms with Gasteiger partial charge in [-0.15, -0.1) is 0 Å². The Kier molecular flexibility index (Phi) is 6.66. The molecule has 1 aromatic carbocycles. The molecule has 2 aromatic rings. The molecule has 1 aromatic heterocycles. The minimum absolute atomic E-state index is 0.246. The van der Waals surface area contributed by atoms with Crippen LogP contribution in [0.2, 0.25) is 0 Å². The van der Waals surface area contributed by atoms with E-state index in [0.717, 1.165) is 0 Å². The van der Waals surface area contributed by atoms with E-state index in [1.54, 1.807) is 33.2 Å². The van der Waals surface area contributed by atoms with Gasteiger partial charge in [0.15, 0.2) is 11.3 Å². The summed E-state index contributed by atoms with van der Waals surface area (Å²) in [5.41, 5.74) is 1.34. The van der Waals surface area contributed by atoms with Crippen molar-refractivity contribution >= 4 is 39.5 Å². The van der Waals surface area contributed by atoms with Gasteiger partial charge < -0.3 is 19.0 Å². The third kappa shape index (κ3) is 5.04. The Morgan fingerprint density at radius 2 is 1.81 bits per heavy atom. The molecular weight excluding hydrogens is 418 g/mol. The molecule has 1 amide bonds. The number of benzene rings is 1. The van der Waals surface area contributed by atoms with Crippen LogP contribution in [0.3, 0.4) is 0 Å². The molecule has 31 heavy (non-hydrogen) atoms. The lowest BCUT2D eigenvalue weighted by Crippen LogP contribution is -2.36. The maximum atomic E-state index is 13.0. The zero-order valence-electron chi connectivity index (χ0n) is 18.9. The predicted molar refractivity (Wildman–Crippen MR) is 124 cm³/mol. The fraction of sp³-hybridized carbons (Fsp3) is 0.500. The van der Waals surface area contributed by atoms with Crippen molar-refractivity contribution in [3.8, 4) is 0 Å². The highest BCUT2D eigenvalue weighted by Gasteiger charge is 2.23. The average molecular weight is 448 g/mol. The molecule has 1 atom stereocenters. The van der Waals surface area contributed by atoms with Crippen LogP contribution in [0, 0.1) is 0 Å². The number of morpholine rings is 1. The third-order valence-corrected chi connectivity index (χ3v) is 6.41. The molecule has 168 valence electrons. The molecule has 0 aliphatic carbocycles. The van der Waals surface area contributed by atoms with Gasteiger partial charge in [0.05, 0.1) is 29.1 Å². The molecule has 0 radical (unpaired) electrons. The molecule has 1 saturated heterocycles. The van der Waals surface area contributed by atoms with E-state index in [1.165, 1.54) is 11.0 Å². The Balaban J connectivity index is 2.25. The Hall–Kier alpha value is -2.52. The van der Waals surface area contributed by atoms with Crippen LogP contribution in [0.25, 0.3) is 11.0 Å². The van der Waals surface area contributed by atoms with Crippen molar-refractivity contribution in [2.24, 2.45) is 4.40 Å². The number of anilines is 1. The highest BCUT2D eigenvalue weighted by molar-refractivity contribution is 7.85. The number of carbonyl (C=O) groups is 1. The van der Waals surface area contributed by atoms with Gasteiger partial charge in [-0.2, -0.15) is 4.40 Å².